The zero-order chi connectivity index (χ0) is 22.4. The molecule has 0 aliphatic heterocycles. The van der Waals surface area contributed by atoms with Crippen LogP contribution in [0.15, 0.2) is 48.7 Å². The maximum absolute atomic E-state index is 12.0. The number of hydrogen-bond acceptors (Lipinski definition) is 6. The van der Waals surface area contributed by atoms with Crippen LogP contribution < -0.4 is 15.8 Å². The molecule has 0 bridgehead atoms. The molecule has 0 saturated heterocycles. The second kappa shape index (κ2) is 10.2. The van der Waals surface area contributed by atoms with Gasteiger partial charge in [-0.1, -0.05) is 29.8 Å². The third kappa shape index (κ3) is 6.16. The Hall–Kier alpha value is -3.16. The van der Waals surface area contributed by atoms with Gasteiger partial charge < -0.3 is 20.7 Å². The van der Waals surface area contributed by atoms with Crippen molar-refractivity contribution in [1.82, 2.24) is 14.9 Å². The molecule has 1 aromatic heterocycles. The van der Waals surface area contributed by atoms with E-state index in [1.54, 1.807) is 12.3 Å². The molecule has 0 spiro atoms. The third-order valence-corrected chi connectivity index (χ3v) is 5.00. The Labute approximate surface area is 187 Å². The van der Waals surface area contributed by atoms with Crippen molar-refractivity contribution < 1.29 is 9.53 Å². The number of carbonyl (C=O) groups is 1. The Morgan fingerprint density at radius 3 is 2.74 bits per heavy atom. The summed E-state index contributed by atoms with van der Waals surface area (Å²) in [5.74, 6) is 0.327. The standard InChI is InChI=1S/C23H26ClN5O2/c1-15-8-9-16(12-19(15)24)20-14-26-23(21(28-20)22(25)30)27-17-6-4-7-18(13-17)31-11-5-10-29(2)3/h4,6-9,12-14H,5,10-11H2,1-3H3,(H2,25,30)(H,26,27). The normalized spacial score (nSPS) is 10.9. The van der Waals surface area contributed by atoms with E-state index < -0.39 is 5.91 Å². The Bertz CT molecular complexity index is 1070. The number of rotatable bonds is 9. The van der Waals surface area contributed by atoms with E-state index in [0.29, 0.717) is 23.0 Å². The summed E-state index contributed by atoms with van der Waals surface area (Å²) in [5, 5.41) is 3.73. The van der Waals surface area contributed by atoms with Gasteiger partial charge in [0.05, 0.1) is 18.5 Å². The summed E-state index contributed by atoms with van der Waals surface area (Å²) in [6, 6.07) is 13.0. The van der Waals surface area contributed by atoms with Crippen LogP contribution in [-0.4, -0.2) is 48.0 Å². The Morgan fingerprint density at radius 1 is 1.23 bits per heavy atom. The van der Waals surface area contributed by atoms with Crippen LogP contribution in [0.4, 0.5) is 11.5 Å². The topological polar surface area (TPSA) is 93.4 Å². The van der Waals surface area contributed by atoms with Crippen molar-refractivity contribution in [3.8, 4) is 17.0 Å². The van der Waals surface area contributed by atoms with E-state index in [4.69, 9.17) is 22.1 Å². The van der Waals surface area contributed by atoms with Crippen LogP contribution >= 0.6 is 11.6 Å². The van der Waals surface area contributed by atoms with Gasteiger partial charge in [-0.05, 0) is 51.2 Å². The van der Waals surface area contributed by atoms with Gasteiger partial charge in [-0.25, -0.2) is 9.97 Å². The molecule has 0 aliphatic carbocycles. The lowest BCUT2D eigenvalue weighted by Crippen LogP contribution is -2.17. The first kappa shape index (κ1) is 22.5. The van der Waals surface area contributed by atoms with Gasteiger partial charge >= 0.3 is 0 Å². The smallest absolute Gasteiger partial charge is 0.271 e. The summed E-state index contributed by atoms with van der Waals surface area (Å²) < 4.78 is 5.80. The van der Waals surface area contributed by atoms with Crippen molar-refractivity contribution in [1.29, 1.82) is 0 Å². The summed E-state index contributed by atoms with van der Waals surface area (Å²) in [6.07, 6.45) is 2.50. The molecule has 1 amide bonds. The number of halogens is 1. The Morgan fingerprint density at radius 2 is 2.03 bits per heavy atom. The van der Waals surface area contributed by atoms with E-state index in [2.05, 4.69) is 20.2 Å². The molecule has 162 valence electrons. The molecule has 8 heteroatoms. The minimum absolute atomic E-state index is 0.0477. The van der Waals surface area contributed by atoms with Gasteiger partial charge in [-0.15, -0.1) is 0 Å². The second-order valence-electron chi connectivity index (χ2n) is 7.44. The average molecular weight is 440 g/mol. The lowest BCUT2D eigenvalue weighted by atomic mass is 10.1. The maximum atomic E-state index is 12.0. The second-order valence-corrected chi connectivity index (χ2v) is 7.85. The van der Waals surface area contributed by atoms with Gasteiger partial charge in [0, 0.05) is 28.9 Å². The zero-order valence-corrected chi connectivity index (χ0v) is 18.6. The van der Waals surface area contributed by atoms with Crippen LogP contribution in [0.5, 0.6) is 5.75 Å². The number of carbonyl (C=O) groups excluding carboxylic acids is 1. The minimum Gasteiger partial charge on any atom is -0.493 e. The number of benzene rings is 2. The third-order valence-electron chi connectivity index (χ3n) is 4.59. The molecule has 2 aromatic carbocycles. The van der Waals surface area contributed by atoms with Crippen molar-refractivity contribution in [2.75, 3.05) is 32.6 Å². The summed E-state index contributed by atoms with van der Waals surface area (Å²) in [4.78, 5) is 22.9. The van der Waals surface area contributed by atoms with Crippen LogP contribution in [0.1, 0.15) is 22.5 Å². The number of nitrogens with zero attached hydrogens (tertiary/aromatic N) is 3. The first-order valence-corrected chi connectivity index (χ1v) is 10.3. The molecule has 3 N–H and O–H groups in total. The fourth-order valence-corrected chi connectivity index (χ4v) is 3.10. The van der Waals surface area contributed by atoms with Crippen LogP contribution in [0.3, 0.4) is 0 Å². The van der Waals surface area contributed by atoms with Crippen molar-refractivity contribution in [2.45, 2.75) is 13.3 Å². The molecular weight excluding hydrogens is 414 g/mol. The van der Waals surface area contributed by atoms with Crippen LogP contribution in [0, 0.1) is 6.92 Å². The number of primary amides is 1. The van der Waals surface area contributed by atoms with E-state index in [9.17, 15) is 4.79 Å². The number of amides is 1. The predicted molar refractivity (Wildman–Crippen MR) is 124 cm³/mol. The minimum atomic E-state index is -0.675. The van der Waals surface area contributed by atoms with Gasteiger partial charge in [0.15, 0.2) is 11.5 Å². The summed E-state index contributed by atoms with van der Waals surface area (Å²) >= 11 is 6.21. The first-order chi connectivity index (χ1) is 14.8. The number of nitrogens with two attached hydrogens (primary N) is 1. The monoisotopic (exact) mass is 439 g/mol. The Kier molecular flexibility index (Phi) is 7.44. The van der Waals surface area contributed by atoms with E-state index in [1.807, 2.05) is 57.4 Å². The van der Waals surface area contributed by atoms with Crippen LogP contribution in [0.25, 0.3) is 11.3 Å². The van der Waals surface area contributed by atoms with Gasteiger partial charge in [-0.3, -0.25) is 4.79 Å². The number of hydrogen-bond donors (Lipinski definition) is 2. The van der Waals surface area contributed by atoms with E-state index in [0.717, 1.165) is 29.8 Å². The van der Waals surface area contributed by atoms with Crippen molar-refractivity contribution in [3.63, 3.8) is 0 Å². The fraction of sp³-hybridized carbons (Fsp3) is 0.261. The molecular formula is C23H26ClN5O2. The molecule has 3 aromatic rings. The molecule has 0 saturated carbocycles. The van der Waals surface area contributed by atoms with E-state index >= 15 is 0 Å². The fourth-order valence-electron chi connectivity index (χ4n) is 2.91. The summed E-state index contributed by atoms with van der Waals surface area (Å²) in [6.45, 7) is 3.48. The number of aromatic nitrogens is 2. The molecule has 1 heterocycles. The Balaban J connectivity index is 1.79. The highest BCUT2D eigenvalue weighted by atomic mass is 35.5. The van der Waals surface area contributed by atoms with Crippen molar-refractivity contribution >= 4 is 29.0 Å². The molecule has 0 aliphatic rings. The molecule has 0 radical (unpaired) electrons. The predicted octanol–water partition coefficient (Wildman–Crippen LogP) is 4.28. The molecule has 7 nitrogen and oxygen atoms in total. The zero-order valence-electron chi connectivity index (χ0n) is 17.9. The van der Waals surface area contributed by atoms with Crippen molar-refractivity contribution in [3.05, 3.63) is 64.9 Å². The molecule has 0 unspecified atom stereocenters. The van der Waals surface area contributed by atoms with Gasteiger partial charge in [0.1, 0.15) is 5.75 Å². The number of ether oxygens (including phenoxy) is 1. The van der Waals surface area contributed by atoms with E-state index in [1.165, 1.54) is 0 Å². The number of aryl methyl sites for hydroxylation is 1. The quantitative estimate of drug-likeness (QED) is 0.483. The number of anilines is 2. The molecule has 3 rings (SSSR count). The SMILES string of the molecule is Cc1ccc(-c2cnc(Nc3cccc(OCCCN(C)C)c3)c(C(N)=O)n2)cc1Cl. The highest BCUT2D eigenvalue weighted by molar-refractivity contribution is 6.31. The van der Waals surface area contributed by atoms with E-state index in [-0.39, 0.29) is 11.5 Å². The summed E-state index contributed by atoms with van der Waals surface area (Å²) in [7, 11) is 4.06. The van der Waals surface area contributed by atoms with Crippen molar-refractivity contribution in [2.24, 2.45) is 5.73 Å². The van der Waals surface area contributed by atoms with Gasteiger partial charge in [-0.2, -0.15) is 0 Å². The maximum Gasteiger partial charge on any atom is 0.271 e. The van der Waals surface area contributed by atoms with Gasteiger partial charge in [0.25, 0.3) is 5.91 Å². The lowest BCUT2D eigenvalue weighted by molar-refractivity contribution is 0.0996. The lowest BCUT2D eigenvalue weighted by Gasteiger charge is -2.13. The first-order valence-electron chi connectivity index (χ1n) is 9.91. The molecule has 0 fully saturated rings. The van der Waals surface area contributed by atoms with Crippen LogP contribution in [-0.2, 0) is 0 Å². The highest BCUT2D eigenvalue weighted by Gasteiger charge is 2.15. The summed E-state index contributed by atoms with van der Waals surface area (Å²) in [5.41, 5.74) is 8.55. The van der Waals surface area contributed by atoms with Crippen LogP contribution in [0.2, 0.25) is 5.02 Å². The highest BCUT2D eigenvalue weighted by Crippen LogP contribution is 2.27. The number of nitrogens with one attached hydrogen (secondary N) is 1. The molecule has 31 heavy (non-hydrogen) atoms. The molecule has 0 atom stereocenters. The largest absolute Gasteiger partial charge is 0.493 e. The van der Waals surface area contributed by atoms with Gasteiger partial charge in [0.2, 0.25) is 0 Å². The average Bonchev–Trinajstić information content (AvgIpc) is 2.73.